The molecule has 30 heavy (non-hydrogen) atoms. The third-order valence-electron chi connectivity index (χ3n) is 6.30. The molecule has 6 heteroatoms. The molecule has 1 heterocycles. The molecule has 1 saturated heterocycles. The van der Waals surface area contributed by atoms with Gasteiger partial charge in [-0.25, -0.2) is 0 Å². The Balaban J connectivity index is 1.37. The first-order valence-electron chi connectivity index (χ1n) is 11.3. The largest absolute Gasteiger partial charge is 0.465 e. The van der Waals surface area contributed by atoms with Gasteiger partial charge in [-0.2, -0.15) is 0 Å². The van der Waals surface area contributed by atoms with Gasteiger partial charge in [-0.3, -0.25) is 14.4 Å². The Morgan fingerprint density at radius 2 is 1.83 bits per heavy atom. The highest BCUT2D eigenvalue weighted by atomic mass is 16.5. The summed E-state index contributed by atoms with van der Waals surface area (Å²) in [6.07, 6.45) is 7.81. The number of nitrogens with one attached hydrogen (secondary N) is 1. The maximum atomic E-state index is 12.9. The molecule has 1 aromatic rings. The van der Waals surface area contributed by atoms with Crippen molar-refractivity contribution in [2.24, 2.45) is 5.41 Å². The monoisotopic (exact) mass is 414 g/mol. The van der Waals surface area contributed by atoms with Gasteiger partial charge < -0.3 is 15.0 Å². The maximum Gasteiger partial charge on any atom is 0.305 e. The zero-order chi connectivity index (χ0) is 21.2. The number of carbonyl (C=O) groups is 3. The molecule has 2 fully saturated rings. The molecule has 6 nitrogen and oxygen atoms in total. The fourth-order valence-corrected chi connectivity index (χ4v) is 4.46. The lowest BCUT2D eigenvalue weighted by atomic mass is 9.86. The maximum absolute atomic E-state index is 12.9. The summed E-state index contributed by atoms with van der Waals surface area (Å²) in [6.45, 7) is 2.25. The molecule has 1 saturated carbocycles. The van der Waals surface area contributed by atoms with Crippen LogP contribution < -0.4 is 5.32 Å². The highest BCUT2D eigenvalue weighted by molar-refractivity contribution is 5.83. The van der Waals surface area contributed by atoms with E-state index in [-0.39, 0.29) is 24.4 Å². The predicted octanol–water partition coefficient (Wildman–Crippen LogP) is 3.24. The van der Waals surface area contributed by atoms with E-state index in [0.717, 1.165) is 57.9 Å². The lowest BCUT2D eigenvalue weighted by Crippen LogP contribution is -2.43. The van der Waals surface area contributed by atoms with E-state index in [2.05, 4.69) is 17.4 Å². The van der Waals surface area contributed by atoms with Crippen LogP contribution in [0, 0.1) is 5.41 Å². The number of likely N-dealkylation sites (tertiary alicyclic amines) is 1. The van der Waals surface area contributed by atoms with E-state index < -0.39 is 5.41 Å². The van der Waals surface area contributed by atoms with Crippen molar-refractivity contribution in [3.8, 4) is 0 Å². The lowest BCUT2D eigenvalue weighted by molar-refractivity contribution is -0.150. The number of aryl methyl sites for hydroxylation is 1. The molecule has 3 rings (SSSR count). The summed E-state index contributed by atoms with van der Waals surface area (Å²) >= 11 is 0. The van der Waals surface area contributed by atoms with Gasteiger partial charge in [-0.05, 0) is 44.1 Å². The van der Waals surface area contributed by atoms with Gasteiger partial charge in [-0.1, -0.05) is 43.2 Å². The van der Waals surface area contributed by atoms with Crippen molar-refractivity contribution in [1.82, 2.24) is 10.2 Å². The molecule has 164 valence electrons. The number of hydrogen-bond acceptors (Lipinski definition) is 4. The fourth-order valence-electron chi connectivity index (χ4n) is 4.46. The normalized spacial score (nSPS) is 17.9. The van der Waals surface area contributed by atoms with Crippen molar-refractivity contribution in [3.63, 3.8) is 0 Å². The van der Waals surface area contributed by atoms with Gasteiger partial charge in [0.25, 0.3) is 0 Å². The zero-order valence-electron chi connectivity index (χ0n) is 17.9. The summed E-state index contributed by atoms with van der Waals surface area (Å²) in [5.41, 5.74) is 0.631. The Kier molecular flexibility index (Phi) is 8.29. The number of ether oxygens (including phenoxy) is 1. The van der Waals surface area contributed by atoms with Crippen molar-refractivity contribution >= 4 is 17.8 Å². The van der Waals surface area contributed by atoms with Crippen LogP contribution in [0.15, 0.2) is 30.3 Å². The van der Waals surface area contributed by atoms with Crippen molar-refractivity contribution < 1.29 is 19.1 Å². The van der Waals surface area contributed by atoms with Crippen LogP contribution in [-0.4, -0.2) is 48.9 Å². The summed E-state index contributed by atoms with van der Waals surface area (Å²) in [5.74, 6) is -0.0184. The third-order valence-corrected chi connectivity index (χ3v) is 6.30. The van der Waals surface area contributed by atoms with Crippen molar-refractivity contribution in [2.45, 2.75) is 64.2 Å². The van der Waals surface area contributed by atoms with Crippen LogP contribution in [0.1, 0.15) is 63.4 Å². The molecule has 0 unspecified atom stereocenters. The zero-order valence-corrected chi connectivity index (χ0v) is 17.9. The standard InChI is InChI=1S/C24H34N2O4/c27-21-12-7-17-26(21)18-8-16-25-23(29)24(14-4-5-15-24)19-30-22(28)13-6-11-20-9-2-1-3-10-20/h1-3,9-10H,4-8,11-19H2,(H,25,29). The van der Waals surface area contributed by atoms with Gasteiger partial charge in [0.05, 0.1) is 5.41 Å². The number of amides is 2. The van der Waals surface area contributed by atoms with E-state index in [1.165, 1.54) is 5.56 Å². The molecule has 1 aliphatic carbocycles. The van der Waals surface area contributed by atoms with Gasteiger partial charge in [0, 0.05) is 32.5 Å². The minimum absolute atomic E-state index is 0.00941. The molecular formula is C24H34N2O4. The highest BCUT2D eigenvalue weighted by Gasteiger charge is 2.42. The quantitative estimate of drug-likeness (QED) is 0.446. The van der Waals surface area contributed by atoms with Crippen LogP contribution in [0.2, 0.25) is 0 Å². The van der Waals surface area contributed by atoms with Gasteiger partial charge in [0.15, 0.2) is 0 Å². The number of rotatable bonds is 11. The summed E-state index contributed by atoms with van der Waals surface area (Å²) < 4.78 is 5.54. The Labute approximate surface area is 179 Å². The van der Waals surface area contributed by atoms with Crippen molar-refractivity contribution in [3.05, 3.63) is 35.9 Å². The number of nitrogens with zero attached hydrogens (tertiary/aromatic N) is 1. The van der Waals surface area contributed by atoms with Gasteiger partial charge in [0.1, 0.15) is 6.61 Å². The highest BCUT2D eigenvalue weighted by Crippen LogP contribution is 2.38. The molecule has 2 amide bonds. The summed E-state index contributed by atoms with van der Waals surface area (Å²) in [7, 11) is 0. The van der Waals surface area contributed by atoms with E-state index in [1.54, 1.807) is 0 Å². The predicted molar refractivity (Wildman–Crippen MR) is 115 cm³/mol. The molecule has 2 aliphatic rings. The number of esters is 1. The molecule has 1 aliphatic heterocycles. The van der Waals surface area contributed by atoms with Crippen LogP contribution in [-0.2, 0) is 25.5 Å². The van der Waals surface area contributed by atoms with E-state index in [9.17, 15) is 14.4 Å². The van der Waals surface area contributed by atoms with E-state index in [1.807, 2.05) is 23.1 Å². The smallest absolute Gasteiger partial charge is 0.305 e. The van der Waals surface area contributed by atoms with Crippen molar-refractivity contribution in [2.75, 3.05) is 26.2 Å². The first-order chi connectivity index (χ1) is 14.6. The Morgan fingerprint density at radius 1 is 1.07 bits per heavy atom. The number of carbonyl (C=O) groups excluding carboxylic acids is 3. The summed E-state index contributed by atoms with van der Waals surface area (Å²) in [5, 5.41) is 3.02. The van der Waals surface area contributed by atoms with Crippen LogP contribution in [0.4, 0.5) is 0 Å². The second-order valence-electron chi connectivity index (χ2n) is 8.58. The van der Waals surface area contributed by atoms with Gasteiger partial charge >= 0.3 is 5.97 Å². The second-order valence-corrected chi connectivity index (χ2v) is 8.58. The van der Waals surface area contributed by atoms with Crippen LogP contribution in [0.5, 0.6) is 0 Å². The topological polar surface area (TPSA) is 75.7 Å². The van der Waals surface area contributed by atoms with Crippen LogP contribution in [0.25, 0.3) is 0 Å². The second kappa shape index (κ2) is 11.1. The van der Waals surface area contributed by atoms with Gasteiger partial charge in [-0.15, -0.1) is 0 Å². The number of hydrogen-bond donors (Lipinski definition) is 1. The average molecular weight is 415 g/mol. The first kappa shape index (κ1) is 22.3. The van der Waals surface area contributed by atoms with E-state index in [4.69, 9.17) is 4.74 Å². The summed E-state index contributed by atoms with van der Waals surface area (Å²) in [4.78, 5) is 38.6. The van der Waals surface area contributed by atoms with Crippen LogP contribution >= 0.6 is 0 Å². The minimum Gasteiger partial charge on any atom is -0.465 e. The van der Waals surface area contributed by atoms with E-state index >= 15 is 0 Å². The minimum atomic E-state index is -0.585. The Hall–Kier alpha value is -2.37. The molecule has 0 aromatic heterocycles. The lowest BCUT2D eigenvalue weighted by Gasteiger charge is -2.27. The third kappa shape index (κ3) is 6.31. The van der Waals surface area contributed by atoms with Crippen LogP contribution in [0.3, 0.4) is 0 Å². The van der Waals surface area contributed by atoms with Crippen molar-refractivity contribution in [1.29, 1.82) is 0 Å². The molecule has 0 spiro atoms. The van der Waals surface area contributed by atoms with E-state index in [0.29, 0.717) is 25.9 Å². The molecule has 1 N–H and O–H groups in total. The molecular weight excluding hydrogens is 380 g/mol. The molecule has 1 aromatic carbocycles. The molecule has 0 atom stereocenters. The molecule has 0 radical (unpaired) electrons. The van der Waals surface area contributed by atoms with Gasteiger partial charge in [0.2, 0.25) is 11.8 Å². The molecule has 0 bridgehead atoms. The first-order valence-corrected chi connectivity index (χ1v) is 11.3. The summed E-state index contributed by atoms with van der Waals surface area (Å²) in [6, 6.07) is 10.1. The fraction of sp³-hybridized carbons (Fsp3) is 0.625. The Bertz CT molecular complexity index is 713. The SMILES string of the molecule is O=C(CCCc1ccccc1)OCC1(C(=O)NCCCN2CCCC2=O)CCCC1. The Morgan fingerprint density at radius 3 is 2.53 bits per heavy atom. The average Bonchev–Trinajstić information content (AvgIpc) is 3.40. The number of benzene rings is 1.